The number of hydrogen-bond donors (Lipinski definition) is 1. The number of rotatable bonds is 4. The summed E-state index contributed by atoms with van der Waals surface area (Å²) < 4.78 is 5.91. The molecule has 1 amide bonds. The fourth-order valence-electron chi connectivity index (χ4n) is 4.63. The maximum Gasteiger partial charge on any atom is 0.258 e. The van der Waals surface area contributed by atoms with Crippen LogP contribution in [0.4, 0.5) is 0 Å². The standard InChI is InChI=1S/C23H25N3O2S/c1-14-9-10-17-19(11-14)29-23-21(17)22(24-13-25-23)28-12-20(27)26-18-8-4-6-15-5-2-3-7-16(15)18/h2-3,5,7,13-14,18H,4,6,8-12H2,1H3,(H,26,27)/t14-,18+/m0/s1. The minimum absolute atomic E-state index is 0.0220. The SMILES string of the molecule is C[C@H]1CCc2c(sc3ncnc(OCC(=O)N[C@@H]4CCCc5ccccc54)c23)C1. The third-order valence-electron chi connectivity index (χ3n) is 6.10. The molecule has 2 aliphatic carbocycles. The van der Waals surface area contributed by atoms with Crippen molar-refractivity contribution in [1.82, 2.24) is 15.3 Å². The molecule has 0 aliphatic heterocycles. The Balaban J connectivity index is 1.31. The second-order valence-electron chi connectivity index (χ2n) is 8.21. The molecule has 29 heavy (non-hydrogen) atoms. The molecule has 1 aromatic carbocycles. The smallest absolute Gasteiger partial charge is 0.258 e. The van der Waals surface area contributed by atoms with Gasteiger partial charge in [0.2, 0.25) is 5.88 Å². The average molecular weight is 408 g/mol. The number of carbonyl (C=O) groups is 1. The molecule has 0 fully saturated rings. The Labute approximate surface area is 174 Å². The number of hydrogen-bond acceptors (Lipinski definition) is 5. The lowest BCUT2D eigenvalue weighted by atomic mass is 9.88. The second-order valence-corrected chi connectivity index (χ2v) is 9.29. The average Bonchev–Trinajstić information content (AvgIpc) is 3.10. The maximum atomic E-state index is 12.6. The van der Waals surface area contributed by atoms with E-state index in [1.807, 2.05) is 6.07 Å². The lowest BCUT2D eigenvalue weighted by Gasteiger charge is -2.26. The summed E-state index contributed by atoms with van der Waals surface area (Å²) in [6.45, 7) is 2.27. The van der Waals surface area contributed by atoms with Crippen LogP contribution in [-0.2, 0) is 24.1 Å². The van der Waals surface area contributed by atoms with Crippen LogP contribution in [0.2, 0.25) is 0 Å². The molecule has 0 spiro atoms. The van der Waals surface area contributed by atoms with E-state index in [9.17, 15) is 4.79 Å². The van der Waals surface area contributed by atoms with Crippen LogP contribution in [0.1, 0.15) is 53.8 Å². The number of benzene rings is 1. The first kappa shape index (κ1) is 18.6. The van der Waals surface area contributed by atoms with Crippen molar-refractivity contribution in [2.75, 3.05) is 6.61 Å². The molecule has 2 heterocycles. The summed E-state index contributed by atoms with van der Waals surface area (Å²) >= 11 is 1.74. The molecule has 3 aromatic rings. The Morgan fingerprint density at radius 3 is 3.07 bits per heavy atom. The van der Waals surface area contributed by atoms with Crippen molar-refractivity contribution in [1.29, 1.82) is 0 Å². The van der Waals surface area contributed by atoms with Crippen LogP contribution in [0.25, 0.3) is 10.2 Å². The van der Waals surface area contributed by atoms with E-state index in [0.717, 1.165) is 42.3 Å². The molecule has 1 N–H and O–H groups in total. The van der Waals surface area contributed by atoms with Gasteiger partial charge in [0.1, 0.15) is 11.2 Å². The summed E-state index contributed by atoms with van der Waals surface area (Å²) in [6, 6.07) is 8.44. The van der Waals surface area contributed by atoms with Gasteiger partial charge in [-0.3, -0.25) is 4.79 Å². The molecule has 0 unspecified atom stereocenters. The van der Waals surface area contributed by atoms with Gasteiger partial charge in [0.15, 0.2) is 6.61 Å². The van der Waals surface area contributed by atoms with E-state index in [1.165, 1.54) is 28.0 Å². The zero-order chi connectivity index (χ0) is 19.8. The number of carbonyl (C=O) groups excluding carboxylic acids is 1. The number of nitrogens with one attached hydrogen (secondary N) is 1. The van der Waals surface area contributed by atoms with E-state index in [1.54, 1.807) is 17.7 Å². The summed E-state index contributed by atoms with van der Waals surface area (Å²) in [5, 5.41) is 4.16. The topological polar surface area (TPSA) is 64.1 Å². The fraction of sp³-hybridized carbons (Fsp3) is 0.435. The number of fused-ring (bicyclic) bond motifs is 4. The predicted molar refractivity (Wildman–Crippen MR) is 114 cm³/mol. The van der Waals surface area contributed by atoms with Crippen LogP contribution in [0.3, 0.4) is 0 Å². The van der Waals surface area contributed by atoms with Crippen LogP contribution in [0.5, 0.6) is 5.88 Å². The van der Waals surface area contributed by atoms with E-state index in [-0.39, 0.29) is 18.6 Å². The zero-order valence-corrected chi connectivity index (χ0v) is 17.4. The summed E-state index contributed by atoms with van der Waals surface area (Å²) in [7, 11) is 0. The normalized spacial score (nSPS) is 20.7. The third kappa shape index (κ3) is 3.62. The van der Waals surface area contributed by atoms with Crippen LogP contribution >= 0.6 is 11.3 Å². The van der Waals surface area contributed by atoms with Crippen molar-refractivity contribution in [2.45, 2.75) is 51.5 Å². The van der Waals surface area contributed by atoms with E-state index in [4.69, 9.17) is 4.74 Å². The molecule has 2 aliphatic rings. The molecule has 6 heteroatoms. The molecule has 0 bridgehead atoms. The molecule has 5 rings (SSSR count). The van der Waals surface area contributed by atoms with Gasteiger partial charge in [-0.05, 0) is 61.1 Å². The van der Waals surface area contributed by atoms with E-state index in [0.29, 0.717) is 11.8 Å². The predicted octanol–water partition coefficient (Wildman–Crippen LogP) is 4.39. The highest BCUT2D eigenvalue weighted by atomic mass is 32.1. The Kier molecular flexibility index (Phi) is 4.96. The summed E-state index contributed by atoms with van der Waals surface area (Å²) in [4.78, 5) is 23.8. The van der Waals surface area contributed by atoms with Gasteiger partial charge < -0.3 is 10.1 Å². The van der Waals surface area contributed by atoms with Crippen molar-refractivity contribution in [3.63, 3.8) is 0 Å². The van der Waals surface area contributed by atoms with E-state index >= 15 is 0 Å². The van der Waals surface area contributed by atoms with Gasteiger partial charge in [0.05, 0.1) is 11.4 Å². The number of aromatic nitrogens is 2. The second kappa shape index (κ2) is 7.75. The third-order valence-corrected chi connectivity index (χ3v) is 7.26. The Morgan fingerprint density at radius 1 is 1.24 bits per heavy atom. The van der Waals surface area contributed by atoms with Gasteiger partial charge in [-0.25, -0.2) is 9.97 Å². The molecular formula is C23H25N3O2S. The van der Waals surface area contributed by atoms with Crippen LogP contribution in [-0.4, -0.2) is 22.5 Å². The number of nitrogens with zero attached hydrogens (tertiary/aromatic N) is 2. The van der Waals surface area contributed by atoms with Gasteiger partial charge in [-0.1, -0.05) is 31.2 Å². The molecule has 150 valence electrons. The number of ether oxygens (including phenoxy) is 1. The summed E-state index contributed by atoms with van der Waals surface area (Å²) in [5.74, 6) is 1.15. The largest absolute Gasteiger partial charge is 0.467 e. The van der Waals surface area contributed by atoms with Gasteiger partial charge in [0, 0.05) is 4.88 Å². The van der Waals surface area contributed by atoms with Crippen molar-refractivity contribution in [2.24, 2.45) is 5.92 Å². The lowest BCUT2D eigenvalue weighted by molar-refractivity contribution is -0.124. The molecule has 5 nitrogen and oxygen atoms in total. The van der Waals surface area contributed by atoms with Crippen molar-refractivity contribution < 1.29 is 9.53 Å². The minimum Gasteiger partial charge on any atom is -0.467 e. The number of amides is 1. The number of aryl methyl sites for hydroxylation is 2. The first-order chi connectivity index (χ1) is 14.2. The Hall–Kier alpha value is -2.47. The van der Waals surface area contributed by atoms with E-state index < -0.39 is 0 Å². The molecule has 2 aromatic heterocycles. The molecule has 0 saturated carbocycles. The van der Waals surface area contributed by atoms with Crippen molar-refractivity contribution in [3.05, 3.63) is 52.2 Å². The van der Waals surface area contributed by atoms with Crippen LogP contribution < -0.4 is 10.1 Å². The van der Waals surface area contributed by atoms with Gasteiger partial charge >= 0.3 is 0 Å². The highest BCUT2D eigenvalue weighted by Crippen LogP contribution is 2.40. The quantitative estimate of drug-likeness (QED) is 0.697. The summed E-state index contributed by atoms with van der Waals surface area (Å²) in [6.07, 6.45) is 7.99. The van der Waals surface area contributed by atoms with E-state index in [2.05, 4.69) is 40.4 Å². The van der Waals surface area contributed by atoms with Gasteiger partial charge in [0.25, 0.3) is 5.91 Å². The molecule has 0 saturated heterocycles. The monoisotopic (exact) mass is 407 g/mol. The first-order valence-corrected chi connectivity index (χ1v) is 11.3. The molecular weight excluding hydrogens is 382 g/mol. The highest BCUT2D eigenvalue weighted by Gasteiger charge is 2.25. The Bertz CT molecular complexity index is 1060. The van der Waals surface area contributed by atoms with Crippen molar-refractivity contribution in [3.8, 4) is 5.88 Å². The number of thiophene rings is 1. The Morgan fingerprint density at radius 2 is 2.14 bits per heavy atom. The van der Waals surface area contributed by atoms with Gasteiger partial charge in [-0.15, -0.1) is 11.3 Å². The van der Waals surface area contributed by atoms with Crippen LogP contribution in [0, 0.1) is 5.92 Å². The van der Waals surface area contributed by atoms with Crippen molar-refractivity contribution >= 4 is 27.5 Å². The highest BCUT2D eigenvalue weighted by molar-refractivity contribution is 7.18. The first-order valence-electron chi connectivity index (χ1n) is 10.4. The fourth-order valence-corrected chi connectivity index (χ4v) is 5.97. The molecule has 2 atom stereocenters. The minimum atomic E-state index is -0.101. The lowest BCUT2D eigenvalue weighted by Crippen LogP contribution is -2.34. The van der Waals surface area contributed by atoms with Crippen LogP contribution in [0.15, 0.2) is 30.6 Å². The maximum absolute atomic E-state index is 12.6. The summed E-state index contributed by atoms with van der Waals surface area (Å²) in [5.41, 5.74) is 3.89. The van der Waals surface area contributed by atoms with Gasteiger partial charge in [-0.2, -0.15) is 0 Å². The molecule has 0 radical (unpaired) electrons. The zero-order valence-electron chi connectivity index (χ0n) is 16.6.